The standard InChI is InChI=1S/C12H8BrF2NOS/c13-11-4-2-8(18-11)6-16-12(17)9-5-7(14)1-3-10(9)15/h1-5H,6H2,(H,16,17). The van der Waals surface area contributed by atoms with Crippen molar-refractivity contribution in [2.45, 2.75) is 6.54 Å². The van der Waals surface area contributed by atoms with Gasteiger partial charge in [0, 0.05) is 4.88 Å². The van der Waals surface area contributed by atoms with Crippen LogP contribution in [0.2, 0.25) is 0 Å². The summed E-state index contributed by atoms with van der Waals surface area (Å²) in [5.74, 6) is -2.00. The normalized spacial score (nSPS) is 10.4. The molecule has 6 heteroatoms. The molecule has 0 unspecified atom stereocenters. The molecule has 18 heavy (non-hydrogen) atoms. The van der Waals surface area contributed by atoms with Gasteiger partial charge in [0.1, 0.15) is 11.6 Å². The minimum atomic E-state index is -0.735. The van der Waals surface area contributed by atoms with Crippen LogP contribution in [0.25, 0.3) is 0 Å². The Labute approximate surface area is 115 Å². The second kappa shape index (κ2) is 5.58. The van der Waals surface area contributed by atoms with Crippen molar-refractivity contribution in [3.05, 3.63) is 56.2 Å². The molecule has 1 N–H and O–H groups in total. The van der Waals surface area contributed by atoms with Crippen molar-refractivity contribution in [1.29, 1.82) is 0 Å². The average molecular weight is 332 g/mol. The van der Waals surface area contributed by atoms with Crippen LogP contribution in [-0.4, -0.2) is 5.91 Å². The van der Waals surface area contributed by atoms with Gasteiger partial charge >= 0.3 is 0 Å². The van der Waals surface area contributed by atoms with Crippen LogP contribution in [0.5, 0.6) is 0 Å². The SMILES string of the molecule is O=C(NCc1ccc(Br)s1)c1cc(F)ccc1F. The molecule has 0 saturated carbocycles. The molecule has 2 nitrogen and oxygen atoms in total. The highest BCUT2D eigenvalue weighted by Crippen LogP contribution is 2.21. The van der Waals surface area contributed by atoms with E-state index >= 15 is 0 Å². The number of halogens is 3. The highest BCUT2D eigenvalue weighted by molar-refractivity contribution is 9.11. The smallest absolute Gasteiger partial charge is 0.254 e. The Hall–Kier alpha value is -1.27. The van der Waals surface area contributed by atoms with Gasteiger partial charge in [-0.2, -0.15) is 0 Å². The minimum Gasteiger partial charge on any atom is -0.347 e. The summed E-state index contributed by atoms with van der Waals surface area (Å²) >= 11 is 4.77. The number of rotatable bonds is 3. The number of nitrogens with one attached hydrogen (secondary N) is 1. The summed E-state index contributed by atoms with van der Waals surface area (Å²) in [6.45, 7) is 0.283. The Bertz CT molecular complexity index is 585. The number of hydrogen-bond acceptors (Lipinski definition) is 2. The van der Waals surface area contributed by atoms with E-state index in [4.69, 9.17) is 0 Å². The zero-order valence-corrected chi connectivity index (χ0v) is 11.4. The first-order valence-corrected chi connectivity index (χ1v) is 6.64. The van der Waals surface area contributed by atoms with Gasteiger partial charge in [-0.1, -0.05) is 0 Å². The molecule has 2 rings (SSSR count). The van der Waals surface area contributed by atoms with Gasteiger partial charge < -0.3 is 5.32 Å². The minimum absolute atomic E-state index is 0.283. The zero-order valence-electron chi connectivity index (χ0n) is 9.04. The summed E-state index contributed by atoms with van der Waals surface area (Å²) in [4.78, 5) is 12.6. The van der Waals surface area contributed by atoms with E-state index in [-0.39, 0.29) is 12.1 Å². The maximum Gasteiger partial charge on any atom is 0.254 e. The van der Waals surface area contributed by atoms with Gasteiger partial charge in [-0.3, -0.25) is 4.79 Å². The summed E-state index contributed by atoms with van der Waals surface area (Å²) in [6.07, 6.45) is 0. The number of benzene rings is 1. The predicted octanol–water partition coefficient (Wildman–Crippen LogP) is 3.72. The van der Waals surface area contributed by atoms with Gasteiger partial charge in [0.25, 0.3) is 5.91 Å². The molecule has 0 aliphatic rings. The summed E-state index contributed by atoms with van der Waals surface area (Å²) in [5.41, 5.74) is -0.286. The van der Waals surface area contributed by atoms with Crippen LogP contribution >= 0.6 is 27.3 Å². The quantitative estimate of drug-likeness (QED) is 0.912. The van der Waals surface area contributed by atoms with Crippen molar-refractivity contribution in [3.63, 3.8) is 0 Å². The van der Waals surface area contributed by atoms with Crippen LogP contribution in [0.4, 0.5) is 8.78 Å². The third-order valence-corrected chi connectivity index (χ3v) is 3.85. The van der Waals surface area contributed by atoms with Crippen molar-refractivity contribution in [2.75, 3.05) is 0 Å². The topological polar surface area (TPSA) is 29.1 Å². The Morgan fingerprint density at radius 1 is 1.28 bits per heavy atom. The van der Waals surface area contributed by atoms with Crippen LogP contribution in [0, 0.1) is 11.6 Å². The maximum atomic E-state index is 13.3. The molecule has 1 aromatic heterocycles. The van der Waals surface area contributed by atoms with E-state index < -0.39 is 17.5 Å². The monoisotopic (exact) mass is 331 g/mol. The first-order valence-electron chi connectivity index (χ1n) is 5.04. The molecule has 0 aliphatic heterocycles. The number of carbonyl (C=O) groups is 1. The Morgan fingerprint density at radius 2 is 2.06 bits per heavy atom. The molecule has 0 spiro atoms. The lowest BCUT2D eigenvalue weighted by Crippen LogP contribution is -2.23. The number of carbonyl (C=O) groups excluding carboxylic acids is 1. The lowest BCUT2D eigenvalue weighted by atomic mass is 10.2. The van der Waals surface area contributed by atoms with E-state index in [0.29, 0.717) is 0 Å². The first-order chi connectivity index (χ1) is 8.56. The molecule has 1 amide bonds. The van der Waals surface area contributed by atoms with Gasteiger partial charge in [0.05, 0.1) is 15.9 Å². The summed E-state index contributed by atoms with van der Waals surface area (Å²) in [7, 11) is 0. The van der Waals surface area contributed by atoms with Crippen LogP contribution < -0.4 is 5.32 Å². The molecule has 0 fully saturated rings. The van der Waals surface area contributed by atoms with E-state index in [1.165, 1.54) is 11.3 Å². The number of amides is 1. The fourth-order valence-corrected chi connectivity index (χ4v) is 2.80. The van der Waals surface area contributed by atoms with Crippen molar-refractivity contribution in [2.24, 2.45) is 0 Å². The summed E-state index contributed by atoms with van der Waals surface area (Å²) < 4.78 is 27.2. The van der Waals surface area contributed by atoms with Crippen molar-refractivity contribution in [3.8, 4) is 0 Å². The fourth-order valence-electron chi connectivity index (χ4n) is 1.38. The van der Waals surface area contributed by atoms with Gasteiger partial charge in [-0.25, -0.2) is 8.78 Å². The third kappa shape index (κ3) is 3.14. The molecular weight excluding hydrogens is 324 g/mol. The average Bonchev–Trinajstić information content (AvgIpc) is 2.75. The van der Waals surface area contributed by atoms with Crippen LogP contribution in [0.1, 0.15) is 15.2 Å². The Morgan fingerprint density at radius 3 is 2.72 bits per heavy atom. The highest BCUT2D eigenvalue weighted by atomic mass is 79.9. The molecule has 0 atom stereocenters. The molecule has 0 aliphatic carbocycles. The predicted molar refractivity (Wildman–Crippen MR) is 69.5 cm³/mol. The third-order valence-electron chi connectivity index (χ3n) is 2.23. The van der Waals surface area contributed by atoms with Gasteiger partial charge in [0.2, 0.25) is 0 Å². The van der Waals surface area contributed by atoms with Crippen LogP contribution in [0.3, 0.4) is 0 Å². The largest absolute Gasteiger partial charge is 0.347 e. The van der Waals surface area contributed by atoms with E-state index in [1.54, 1.807) is 0 Å². The molecule has 0 bridgehead atoms. The van der Waals surface area contributed by atoms with Crippen LogP contribution in [0.15, 0.2) is 34.1 Å². The molecule has 0 saturated heterocycles. The zero-order chi connectivity index (χ0) is 13.1. The fraction of sp³-hybridized carbons (Fsp3) is 0.0833. The van der Waals surface area contributed by atoms with E-state index in [9.17, 15) is 13.6 Å². The highest BCUT2D eigenvalue weighted by Gasteiger charge is 2.12. The second-order valence-electron chi connectivity index (χ2n) is 3.51. The Kier molecular flexibility index (Phi) is 4.08. The Balaban J connectivity index is 2.05. The van der Waals surface area contributed by atoms with Gasteiger partial charge in [-0.05, 0) is 46.3 Å². The summed E-state index contributed by atoms with van der Waals surface area (Å²) in [6, 6.07) is 6.50. The van der Waals surface area contributed by atoms with Crippen LogP contribution in [-0.2, 0) is 6.54 Å². The molecule has 1 heterocycles. The summed E-state index contributed by atoms with van der Waals surface area (Å²) in [5, 5.41) is 2.54. The molecule has 0 radical (unpaired) electrons. The molecule has 1 aromatic carbocycles. The molecular formula is C12H8BrF2NOS. The van der Waals surface area contributed by atoms with Crippen molar-refractivity contribution < 1.29 is 13.6 Å². The van der Waals surface area contributed by atoms with E-state index in [2.05, 4.69) is 21.2 Å². The lowest BCUT2D eigenvalue weighted by Gasteiger charge is -2.04. The second-order valence-corrected chi connectivity index (χ2v) is 6.06. The van der Waals surface area contributed by atoms with Crippen molar-refractivity contribution in [1.82, 2.24) is 5.32 Å². The molecule has 94 valence electrons. The lowest BCUT2D eigenvalue weighted by molar-refractivity contribution is 0.0946. The molecule has 2 aromatic rings. The first kappa shape index (κ1) is 13.2. The number of hydrogen-bond donors (Lipinski definition) is 1. The van der Waals surface area contributed by atoms with E-state index in [1.807, 2.05) is 12.1 Å². The maximum absolute atomic E-state index is 13.3. The van der Waals surface area contributed by atoms with Gasteiger partial charge in [0.15, 0.2) is 0 Å². The van der Waals surface area contributed by atoms with E-state index in [0.717, 1.165) is 26.9 Å². The number of thiophene rings is 1. The van der Waals surface area contributed by atoms with Crippen molar-refractivity contribution >= 4 is 33.2 Å². The van der Waals surface area contributed by atoms with Gasteiger partial charge in [-0.15, -0.1) is 11.3 Å².